The van der Waals surface area contributed by atoms with Crippen LogP contribution in [0.2, 0.25) is 0 Å². The first-order valence-electron chi connectivity index (χ1n) is 9.38. The summed E-state index contributed by atoms with van der Waals surface area (Å²) in [5.41, 5.74) is 3.38. The highest BCUT2D eigenvalue weighted by atomic mass is 16.3. The van der Waals surface area contributed by atoms with Crippen LogP contribution in [0.3, 0.4) is 0 Å². The molecule has 0 bridgehead atoms. The first-order valence-corrected chi connectivity index (χ1v) is 9.38. The molecule has 23 heavy (non-hydrogen) atoms. The number of phenols is 1. The van der Waals surface area contributed by atoms with E-state index in [2.05, 4.69) is 47.6 Å². The maximum atomic E-state index is 10.2. The predicted molar refractivity (Wildman–Crippen MR) is 102 cm³/mol. The molecule has 0 unspecified atom stereocenters. The smallest absolute Gasteiger partial charge is 0.119 e. The Labute approximate surface area is 144 Å². The molecule has 0 radical (unpaired) electrons. The van der Waals surface area contributed by atoms with Crippen molar-refractivity contribution >= 4 is 0 Å². The normalized spacial score (nSPS) is 12.6. The molecular weight excluding hydrogens is 280 g/mol. The SMILES string of the molecule is CC(C)(C)CCCCc1cccc(O)c1CCCCC(C)(C)C. The van der Waals surface area contributed by atoms with Gasteiger partial charge in [-0.3, -0.25) is 0 Å². The van der Waals surface area contributed by atoms with E-state index in [0.717, 1.165) is 12.8 Å². The standard InChI is InChI=1S/C22H38O/c1-21(2,3)16-9-7-12-18-13-11-15-20(23)19(18)14-8-10-17-22(4,5)6/h11,13,15,23H,7-10,12,14,16-17H2,1-6H3. The molecule has 0 aromatic heterocycles. The number of benzene rings is 1. The summed E-state index contributed by atoms with van der Waals surface area (Å²) >= 11 is 0. The Morgan fingerprint density at radius 2 is 1.26 bits per heavy atom. The van der Waals surface area contributed by atoms with Crippen LogP contribution < -0.4 is 0 Å². The second-order valence-electron chi connectivity index (χ2n) is 9.45. The number of hydrogen-bond acceptors (Lipinski definition) is 1. The van der Waals surface area contributed by atoms with E-state index in [1.807, 2.05) is 12.1 Å². The van der Waals surface area contributed by atoms with Crippen molar-refractivity contribution in [1.29, 1.82) is 0 Å². The van der Waals surface area contributed by atoms with Crippen LogP contribution in [0.4, 0.5) is 0 Å². The van der Waals surface area contributed by atoms with Gasteiger partial charge in [0.05, 0.1) is 0 Å². The van der Waals surface area contributed by atoms with Crippen molar-refractivity contribution in [2.24, 2.45) is 10.8 Å². The monoisotopic (exact) mass is 318 g/mol. The predicted octanol–water partition coefficient (Wildman–Crippen LogP) is 6.91. The molecule has 0 atom stereocenters. The zero-order chi connectivity index (χ0) is 17.5. The molecule has 0 aliphatic carbocycles. The van der Waals surface area contributed by atoms with Gasteiger partial charge < -0.3 is 5.11 Å². The number of unbranched alkanes of at least 4 members (excludes halogenated alkanes) is 2. The molecule has 1 heteroatoms. The van der Waals surface area contributed by atoms with Gasteiger partial charge in [-0.1, -0.05) is 66.5 Å². The van der Waals surface area contributed by atoms with Gasteiger partial charge >= 0.3 is 0 Å². The average molecular weight is 319 g/mol. The summed E-state index contributed by atoms with van der Waals surface area (Å²) in [6, 6.07) is 6.04. The molecule has 1 rings (SSSR count). The van der Waals surface area contributed by atoms with Crippen LogP contribution in [0.5, 0.6) is 5.75 Å². The molecule has 1 aromatic carbocycles. The second kappa shape index (κ2) is 8.76. The fourth-order valence-corrected chi connectivity index (χ4v) is 3.07. The minimum atomic E-state index is 0.411. The van der Waals surface area contributed by atoms with Gasteiger partial charge in [0.2, 0.25) is 0 Å². The highest BCUT2D eigenvalue weighted by Crippen LogP contribution is 2.28. The number of phenolic OH excluding ortho intramolecular Hbond substituents is 1. The van der Waals surface area contributed by atoms with Crippen LogP contribution in [0.1, 0.15) is 91.2 Å². The number of hydrogen-bond donors (Lipinski definition) is 1. The van der Waals surface area contributed by atoms with Gasteiger partial charge in [-0.15, -0.1) is 0 Å². The van der Waals surface area contributed by atoms with Crippen molar-refractivity contribution < 1.29 is 5.11 Å². The maximum Gasteiger partial charge on any atom is 0.119 e. The highest BCUT2D eigenvalue weighted by molar-refractivity contribution is 5.39. The third-order valence-electron chi connectivity index (χ3n) is 4.47. The molecule has 0 spiro atoms. The molecule has 1 aromatic rings. The number of aryl methyl sites for hydroxylation is 1. The lowest BCUT2D eigenvalue weighted by Gasteiger charge is -2.19. The number of rotatable bonds is 8. The summed E-state index contributed by atoms with van der Waals surface area (Å²) in [6.45, 7) is 13.8. The highest BCUT2D eigenvalue weighted by Gasteiger charge is 2.12. The quantitative estimate of drug-likeness (QED) is 0.516. The van der Waals surface area contributed by atoms with Crippen LogP contribution in [-0.4, -0.2) is 5.11 Å². The third kappa shape index (κ3) is 9.03. The van der Waals surface area contributed by atoms with E-state index in [-0.39, 0.29) is 0 Å². The fraction of sp³-hybridized carbons (Fsp3) is 0.727. The van der Waals surface area contributed by atoms with Gasteiger partial charge in [0.25, 0.3) is 0 Å². The summed E-state index contributed by atoms with van der Waals surface area (Å²) in [5.74, 6) is 0.495. The molecule has 132 valence electrons. The Morgan fingerprint density at radius 3 is 1.78 bits per heavy atom. The zero-order valence-corrected chi connectivity index (χ0v) is 16.3. The minimum Gasteiger partial charge on any atom is -0.508 e. The van der Waals surface area contributed by atoms with Crippen molar-refractivity contribution in [1.82, 2.24) is 0 Å². The lowest BCUT2D eigenvalue weighted by molar-refractivity contribution is 0.358. The lowest BCUT2D eigenvalue weighted by Crippen LogP contribution is -2.05. The van der Waals surface area contributed by atoms with Crippen LogP contribution in [-0.2, 0) is 12.8 Å². The summed E-state index contributed by atoms with van der Waals surface area (Å²) < 4.78 is 0. The van der Waals surface area contributed by atoms with Gasteiger partial charge in [-0.2, -0.15) is 0 Å². The van der Waals surface area contributed by atoms with Crippen LogP contribution in [0.25, 0.3) is 0 Å². The zero-order valence-electron chi connectivity index (χ0n) is 16.3. The first kappa shape index (κ1) is 20.1. The summed E-state index contributed by atoms with van der Waals surface area (Å²) in [5, 5.41) is 10.2. The van der Waals surface area contributed by atoms with Gasteiger partial charge in [-0.25, -0.2) is 0 Å². The summed E-state index contributed by atoms with van der Waals surface area (Å²) in [7, 11) is 0. The Bertz CT molecular complexity index is 460. The van der Waals surface area contributed by atoms with Gasteiger partial charge in [0.15, 0.2) is 0 Å². The van der Waals surface area contributed by atoms with Gasteiger partial charge in [0.1, 0.15) is 5.75 Å². The first-order chi connectivity index (χ1) is 10.6. The Morgan fingerprint density at radius 1 is 0.739 bits per heavy atom. The molecule has 1 nitrogen and oxygen atoms in total. The van der Waals surface area contributed by atoms with Gasteiger partial charge in [-0.05, 0) is 66.5 Å². The van der Waals surface area contributed by atoms with Crippen molar-refractivity contribution in [3.05, 3.63) is 29.3 Å². The van der Waals surface area contributed by atoms with Crippen molar-refractivity contribution in [2.75, 3.05) is 0 Å². The lowest BCUT2D eigenvalue weighted by atomic mass is 9.87. The van der Waals surface area contributed by atoms with Gasteiger partial charge in [0, 0.05) is 0 Å². The molecule has 0 aliphatic rings. The molecule has 0 saturated carbocycles. The maximum absolute atomic E-state index is 10.2. The third-order valence-corrected chi connectivity index (χ3v) is 4.47. The molecule has 0 heterocycles. The molecule has 0 amide bonds. The molecule has 0 aliphatic heterocycles. The van der Waals surface area contributed by atoms with Crippen LogP contribution in [0, 0.1) is 10.8 Å². The Kier molecular flexibility index (Phi) is 7.64. The van der Waals surface area contributed by atoms with E-state index < -0.39 is 0 Å². The second-order valence-corrected chi connectivity index (χ2v) is 9.45. The van der Waals surface area contributed by atoms with Crippen LogP contribution >= 0.6 is 0 Å². The molecule has 0 saturated heterocycles. The van der Waals surface area contributed by atoms with E-state index in [9.17, 15) is 5.11 Å². The largest absolute Gasteiger partial charge is 0.508 e. The van der Waals surface area contributed by atoms with Crippen LogP contribution in [0.15, 0.2) is 18.2 Å². The Hall–Kier alpha value is -0.980. The number of aromatic hydroxyl groups is 1. The summed E-state index contributed by atoms with van der Waals surface area (Å²) in [4.78, 5) is 0. The topological polar surface area (TPSA) is 20.2 Å². The van der Waals surface area contributed by atoms with E-state index in [0.29, 0.717) is 16.6 Å². The fourth-order valence-electron chi connectivity index (χ4n) is 3.07. The van der Waals surface area contributed by atoms with E-state index in [1.54, 1.807) is 0 Å². The molecule has 0 fully saturated rings. The van der Waals surface area contributed by atoms with E-state index in [1.165, 1.54) is 49.7 Å². The molecular formula is C22H38O. The average Bonchev–Trinajstić information content (AvgIpc) is 2.39. The van der Waals surface area contributed by atoms with Crippen molar-refractivity contribution in [2.45, 2.75) is 92.9 Å². The summed E-state index contributed by atoms with van der Waals surface area (Å²) in [6.07, 6.45) is 9.52. The molecule has 1 N–H and O–H groups in total. The minimum absolute atomic E-state index is 0.411. The van der Waals surface area contributed by atoms with Crippen molar-refractivity contribution in [3.63, 3.8) is 0 Å². The van der Waals surface area contributed by atoms with E-state index in [4.69, 9.17) is 0 Å². The van der Waals surface area contributed by atoms with Crippen molar-refractivity contribution in [3.8, 4) is 5.75 Å². The Balaban J connectivity index is 2.51. The van der Waals surface area contributed by atoms with E-state index >= 15 is 0 Å².